The molecule has 8 heteroatoms. The van der Waals surface area contributed by atoms with Crippen LogP contribution in [0, 0.1) is 6.92 Å². The number of benzene rings is 3. The van der Waals surface area contributed by atoms with Crippen molar-refractivity contribution in [3.8, 4) is 21.9 Å². The Kier molecular flexibility index (Phi) is 8.14. The van der Waals surface area contributed by atoms with Crippen LogP contribution >= 0.6 is 23.1 Å². The lowest BCUT2D eigenvalue weighted by atomic mass is 10.1. The third-order valence-corrected chi connectivity index (χ3v) is 8.29. The van der Waals surface area contributed by atoms with Crippen LogP contribution in [0.5, 0.6) is 5.75 Å². The molecule has 0 aliphatic heterocycles. The van der Waals surface area contributed by atoms with Crippen molar-refractivity contribution < 1.29 is 9.53 Å². The van der Waals surface area contributed by atoms with Crippen LogP contribution in [0.15, 0.2) is 88.8 Å². The highest BCUT2D eigenvalue weighted by atomic mass is 32.2. The minimum absolute atomic E-state index is 0.114. The monoisotopic (exact) mass is 555 g/mol. The summed E-state index contributed by atoms with van der Waals surface area (Å²) in [5.41, 5.74) is 5.08. The smallest absolute Gasteiger partial charge is 0.276 e. The number of thioether (sulfide) groups is 1. The summed E-state index contributed by atoms with van der Waals surface area (Å²) in [7, 11) is 0. The van der Waals surface area contributed by atoms with E-state index < -0.39 is 0 Å². The standard InChI is InChI=1S/C31H29N3O3S2/c1-4-21-13-15-23(16-14-21)34-30(36)29-25(18-27(39-29)24-11-6-7-12-26(24)37-5-2)33-31(34)38-19-28(35)32-22-10-8-9-20(3)17-22/h6-18H,4-5,19H2,1-3H3,(H,32,35). The van der Waals surface area contributed by atoms with Gasteiger partial charge in [-0.2, -0.15) is 0 Å². The molecule has 0 fully saturated rings. The minimum atomic E-state index is -0.163. The number of nitrogens with one attached hydrogen (secondary N) is 1. The Morgan fingerprint density at radius 1 is 1.03 bits per heavy atom. The highest BCUT2D eigenvalue weighted by Gasteiger charge is 2.19. The van der Waals surface area contributed by atoms with Crippen molar-refractivity contribution in [2.45, 2.75) is 32.3 Å². The topological polar surface area (TPSA) is 73.2 Å². The van der Waals surface area contributed by atoms with Gasteiger partial charge in [0.05, 0.1) is 23.6 Å². The normalized spacial score (nSPS) is 11.1. The molecule has 2 aromatic heterocycles. The highest BCUT2D eigenvalue weighted by molar-refractivity contribution is 7.99. The number of hydrogen-bond donors (Lipinski definition) is 1. The van der Waals surface area contributed by atoms with Crippen LogP contribution in [0.25, 0.3) is 26.3 Å². The van der Waals surface area contributed by atoms with E-state index in [4.69, 9.17) is 9.72 Å². The fourth-order valence-electron chi connectivity index (χ4n) is 4.30. The van der Waals surface area contributed by atoms with Gasteiger partial charge in [0.2, 0.25) is 5.91 Å². The van der Waals surface area contributed by atoms with E-state index in [9.17, 15) is 9.59 Å². The van der Waals surface area contributed by atoms with E-state index in [2.05, 4.69) is 12.2 Å². The SMILES string of the molecule is CCOc1ccccc1-c1cc2nc(SCC(=O)Nc3cccc(C)c3)n(-c3ccc(CC)cc3)c(=O)c2s1. The summed E-state index contributed by atoms with van der Waals surface area (Å²) in [5, 5.41) is 3.41. The molecule has 1 amide bonds. The van der Waals surface area contributed by atoms with Gasteiger partial charge in [-0.25, -0.2) is 4.98 Å². The first kappa shape index (κ1) is 26.7. The van der Waals surface area contributed by atoms with E-state index in [1.807, 2.05) is 92.7 Å². The predicted molar refractivity (Wildman–Crippen MR) is 162 cm³/mol. The van der Waals surface area contributed by atoms with E-state index in [-0.39, 0.29) is 17.2 Å². The zero-order chi connectivity index (χ0) is 27.4. The van der Waals surface area contributed by atoms with Gasteiger partial charge < -0.3 is 10.1 Å². The molecule has 2 heterocycles. The number of rotatable bonds is 9. The summed E-state index contributed by atoms with van der Waals surface area (Å²) in [5.74, 6) is 0.720. The van der Waals surface area contributed by atoms with Gasteiger partial charge in [-0.3, -0.25) is 14.2 Å². The quantitative estimate of drug-likeness (QED) is 0.155. The molecule has 5 aromatic rings. The van der Waals surface area contributed by atoms with Crippen molar-refractivity contribution >= 4 is 44.9 Å². The molecule has 1 N–H and O–H groups in total. The van der Waals surface area contributed by atoms with Crippen molar-refractivity contribution in [1.29, 1.82) is 0 Å². The average molecular weight is 556 g/mol. The van der Waals surface area contributed by atoms with Gasteiger partial charge in [0, 0.05) is 16.1 Å². The Bertz CT molecular complexity index is 1690. The number of amides is 1. The minimum Gasteiger partial charge on any atom is -0.493 e. The van der Waals surface area contributed by atoms with Crippen molar-refractivity contribution in [2.24, 2.45) is 0 Å². The first-order valence-electron chi connectivity index (χ1n) is 12.8. The summed E-state index contributed by atoms with van der Waals surface area (Å²) in [4.78, 5) is 32.5. The largest absolute Gasteiger partial charge is 0.493 e. The number of thiophene rings is 1. The number of nitrogens with zero attached hydrogens (tertiary/aromatic N) is 2. The molecule has 0 atom stereocenters. The molecule has 6 nitrogen and oxygen atoms in total. The van der Waals surface area contributed by atoms with E-state index >= 15 is 0 Å². The number of carbonyl (C=O) groups is 1. The summed E-state index contributed by atoms with van der Waals surface area (Å²) >= 11 is 2.65. The molecule has 0 aliphatic rings. The molecule has 0 unspecified atom stereocenters. The molecule has 39 heavy (non-hydrogen) atoms. The second kappa shape index (κ2) is 11.9. The Hall–Kier alpha value is -3.88. The molecule has 0 bridgehead atoms. The maximum absolute atomic E-state index is 13.9. The molecule has 0 spiro atoms. The van der Waals surface area contributed by atoms with Crippen molar-refractivity contribution in [1.82, 2.24) is 9.55 Å². The lowest BCUT2D eigenvalue weighted by molar-refractivity contribution is -0.113. The number of anilines is 1. The maximum Gasteiger partial charge on any atom is 0.276 e. The zero-order valence-electron chi connectivity index (χ0n) is 22.1. The highest BCUT2D eigenvalue weighted by Crippen LogP contribution is 2.37. The number of hydrogen-bond acceptors (Lipinski definition) is 6. The molecule has 5 rings (SSSR count). The molecular formula is C31H29N3O3S2. The van der Waals surface area contributed by atoms with Gasteiger partial charge in [-0.05, 0) is 73.9 Å². The number of carbonyl (C=O) groups excluding carboxylic acids is 1. The molecule has 3 aromatic carbocycles. The first-order chi connectivity index (χ1) is 19.0. The fourth-order valence-corrected chi connectivity index (χ4v) is 6.17. The van der Waals surface area contributed by atoms with Crippen LogP contribution in [0.2, 0.25) is 0 Å². The number of para-hydroxylation sites is 1. The van der Waals surface area contributed by atoms with Crippen molar-refractivity contribution in [3.63, 3.8) is 0 Å². The van der Waals surface area contributed by atoms with Crippen LogP contribution in [0.4, 0.5) is 5.69 Å². The summed E-state index contributed by atoms with van der Waals surface area (Å²) in [6.07, 6.45) is 0.903. The van der Waals surface area contributed by atoms with Gasteiger partial charge in [-0.1, -0.05) is 55.1 Å². The molecule has 0 aliphatic carbocycles. The van der Waals surface area contributed by atoms with Crippen molar-refractivity contribution in [2.75, 3.05) is 17.7 Å². The molecule has 0 saturated carbocycles. The van der Waals surface area contributed by atoms with E-state index in [1.54, 1.807) is 4.57 Å². The van der Waals surface area contributed by atoms with Crippen molar-refractivity contribution in [3.05, 3.63) is 100 Å². The van der Waals surface area contributed by atoms with E-state index in [0.29, 0.717) is 22.0 Å². The molecular weight excluding hydrogens is 526 g/mol. The lowest BCUT2D eigenvalue weighted by Gasteiger charge is -2.12. The van der Waals surface area contributed by atoms with Crippen LogP contribution in [-0.2, 0) is 11.2 Å². The second-order valence-corrected chi connectivity index (χ2v) is 11.0. The number of ether oxygens (including phenoxy) is 1. The van der Waals surface area contributed by atoms with Gasteiger partial charge in [0.25, 0.3) is 5.56 Å². The summed E-state index contributed by atoms with van der Waals surface area (Å²) < 4.78 is 8.00. The van der Waals surface area contributed by atoms with Crippen LogP contribution in [0.1, 0.15) is 25.0 Å². The van der Waals surface area contributed by atoms with Gasteiger partial charge in [-0.15, -0.1) is 11.3 Å². The zero-order valence-corrected chi connectivity index (χ0v) is 23.7. The third-order valence-electron chi connectivity index (χ3n) is 6.21. The van der Waals surface area contributed by atoms with Gasteiger partial charge >= 0.3 is 0 Å². The number of aromatic nitrogens is 2. The number of aryl methyl sites for hydroxylation is 2. The Labute approximate surface area is 235 Å². The molecule has 198 valence electrons. The third kappa shape index (κ3) is 5.92. The van der Waals surface area contributed by atoms with E-state index in [1.165, 1.54) is 28.7 Å². The first-order valence-corrected chi connectivity index (χ1v) is 14.6. The molecule has 0 saturated heterocycles. The Morgan fingerprint density at radius 2 is 1.82 bits per heavy atom. The van der Waals surface area contributed by atoms with Crippen LogP contribution in [-0.4, -0.2) is 27.8 Å². The summed E-state index contributed by atoms with van der Waals surface area (Å²) in [6.45, 7) is 6.57. The Morgan fingerprint density at radius 3 is 2.56 bits per heavy atom. The second-order valence-electron chi connectivity index (χ2n) is 9.02. The van der Waals surface area contributed by atoms with Crippen LogP contribution in [0.3, 0.4) is 0 Å². The predicted octanol–water partition coefficient (Wildman–Crippen LogP) is 7.11. The maximum atomic E-state index is 13.9. The number of fused-ring (bicyclic) bond motifs is 1. The average Bonchev–Trinajstić information content (AvgIpc) is 3.37. The van der Waals surface area contributed by atoms with Gasteiger partial charge in [0.15, 0.2) is 5.16 Å². The van der Waals surface area contributed by atoms with Crippen LogP contribution < -0.4 is 15.6 Å². The molecule has 0 radical (unpaired) electrons. The van der Waals surface area contributed by atoms with E-state index in [0.717, 1.165) is 39.5 Å². The van der Waals surface area contributed by atoms with Gasteiger partial charge in [0.1, 0.15) is 10.4 Å². The fraction of sp³-hybridized carbons (Fsp3) is 0.194. The lowest BCUT2D eigenvalue weighted by Crippen LogP contribution is -2.22. The Balaban J connectivity index is 1.55. The summed E-state index contributed by atoms with van der Waals surface area (Å²) in [6, 6.07) is 25.3.